The molecule has 0 spiro atoms. The van der Waals surface area contributed by atoms with Crippen molar-refractivity contribution in [2.75, 3.05) is 6.61 Å². The third-order valence-corrected chi connectivity index (χ3v) is 9.57. The average Bonchev–Trinajstić information content (AvgIpc) is 3.44. The lowest BCUT2D eigenvalue weighted by Gasteiger charge is -2.49. The lowest BCUT2D eigenvalue weighted by atomic mass is 9.81. The second-order valence-electron chi connectivity index (χ2n) is 12.5. The number of carbonyl (C=O) groups is 3. The lowest BCUT2D eigenvalue weighted by Crippen LogP contribution is -2.62. The molecule has 16 nitrogen and oxygen atoms in total. The molecule has 45 heavy (non-hydrogen) atoms. The molecule has 0 N–H and O–H groups in total. The maximum Gasteiger partial charge on any atom is 0.306 e. The molecule has 16 heteroatoms. The first-order valence-electron chi connectivity index (χ1n) is 15.6. The van der Waals surface area contributed by atoms with Crippen LogP contribution in [0.2, 0.25) is 0 Å². The van der Waals surface area contributed by atoms with E-state index in [-0.39, 0.29) is 54.9 Å². The number of Topliss-reactive ketones (excluding diaryl/α,β-unsaturated/α-hetero) is 2. The highest BCUT2D eigenvalue weighted by Gasteiger charge is 2.55. The number of azide groups is 2. The van der Waals surface area contributed by atoms with Crippen molar-refractivity contribution in [1.82, 2.24) is 0 Å². The Morgan fingerprint density at radius 2 is 1.47 bits per heavy atom. The number of ether oxygens (including phenoxy) is 7. The van der Waals surface area contributed by atoms with E-state index in [4.69, 9.17) is 38.7 Å². The van der Waals surface area contributed by atoms with Gasteiger partial charge in [0.2, 0.25) is 0 Å². The van der Waals surface area contributed by atoms with Crippen LogP contribution >= 0.6 is 0 Å². The van der Waals surface area contributed by atoms with Crippen LogP contribution in [-0.4, -0.2) is 91.7 Å². The maximum atomic E-state index is 13.1. The molecule has 0 aromatic carbocycles. The summed E-state index contributed by atoms with van der Waals surface area (Å²) < 4.78 is 42.9. The van der Waals surface area contributed by atoms with Crippen LogP contribution in [0.3, 0.4) is 0 Å². The first kappa shape index (κ1) is 35.1. The van der Waals surface area contributed by atoms with Crippen LogP contribution in [-0.2, 0) is 47.5 Å². The van der Waals surface area contributed by atoms with Gasteiger partial charge < -0.3 is 38.0 Å². The summed E-state index contributed by atoms with van der Waals surface area (Å²) in [4.78, 5) is 43.6. The maximum absolute atomic E-state index is 13.1. The van der Waals surface area contributed by atoms with Crippen LogP contribution in [0, 0.1) is 23.7 Å². The molecule has 15 atom stereocenters. The van der Waals surface area contributed by atoms with Gasteiger partial charge in [-0.1, -0.05) is 44.8 Å². The second-order valence-corrected chi connectivity index (χ2v) is 12.5. The number of fused-ring (bicyclic) bond motifs is 2. The van der Waals surface area contributed by atoms with Crippen molar-refractivity contribution in [3.63, 3.8) is 0 Å². The molecular formula is C29H44N6O10. The molecule has 4 fully saturated rings. The Kier molecular flexibility index (Phi) is 11.8. The SMILES string of the molecule is CCC1O[C@H](O[C@@H]2C(C(C)=O)O[C@@H](O[C@@H]3C4CO[C@H](O4)C(N=[N+]=[N-])[C@H]3C)C(OC(=O)CCC(C)=O)[C@H]2C)C(N=[N+]=[N-])[C@@H](C)[C@@H]1C. The molecule has 0 aromatic rings. The smallest absolute Gasteiger partial charge is 0.306 e. The van der Waals surface area contributed by atoms with E-state index in [0.29, 0.717) is 6.42 Å². The van der Waals surface area contributed by atoms with Gasteiger partial charge in [0.1, 0.15) is 24.1 Å². The highest BCUT2D eigenvalue weighted by atomic mass is 16.8. The van der Waals surface area contributed by atoms with Gasteiger partial charge in [-0.2, -0.15) is 0 Å². The van der Waals surface area contributed by atoms with Crippen molar-refractivity contribution in [3.05, 3.63) is 20.9 Å². The molecule has 4 heterocycles. The van der Waals surface area contributed by atoms with E-state index in [1.165, 1.54) is 13.8 Å². The molecule has 0 saturated carbocycles. The normalized spacial score (nSPS) is 42.6. The second kappa shape index (κ2) is 15.2. The molecule has 4 aliphatic rings. The van der Waals surface area contributed by atoms with Crippen LogP contribution in [0.15, 0.2) is 10.2 Å². The number of ketones is 2. The topological polar surface area (TPSA) is 213 Å². The van der Waals surface area contributed by atoms with E-state index in [1.807, 2.05) is 27.7 Å². The molecule has 250 valence electrons. The highest BCUT2D eigenvalue weighted by Crippen LogP contribution is 2.41. The summed E-state index contributed by atoms with van der Waals surface area (Å²) in [5.74, 6) is -2.27. The Balaban J connectivity index is 1.65. The minimum atomic E-state index is -1.25. The van der Waals surface area contributed by atoms with Gasteiger partial charge >= 0.3 is 5.97 Å². The van der Waals surface area contributed by atoms with E-state index >= 15 is 0 Å². The summed E-state index contributed by atoms with van der Waals surface area (Å²) in [5.41, 5.74) is 18.4. The van der Waals surface area contributed by atoms with Crippen molar-refractivity contribution >= 4 is 17.5 Å². The predicted octanol–water partition coefficient (Wildman–Crippen LogP) is 4.14. The van der Waals surface area contributed by atoms with Gasteiger partial charge in [0, 0.05) is 22.2 Å². The molecule has 6 unspecified atom stereocenters. The van der Waals surface area contributed by atoms with Crippen LogP contribution in [0.25, 0.3) is 20.9 Å². The predicted molar refractivity (Wildman–Crippen MR) is 155 cm³/mol. The zero-order chi connectivity index (χ0) is 33.0. The number of esters is 1. The fourth-order valence-corrected chi connectivity index (χ4v) is 6.68. The van der Waals surface area contributed by atoms with Crippen LogP contribution in [0.4, 0.5) is 0 Å². The Morgan fingerprint density at radius 1 is 0.800 bits per heavy atom. The van der Waals surface area contributed by atoms with Crippen LogP contribution in [0.1, 0.15) is 67.7 Å². The number of carbonyl (C=O) groups excluding carboxylic acids is 3. The first-order valence-corrected chi connectivity index (χ1v) is 15.6. The van der Waals surface area contributed by atoms with Gasteiger partial charge in [0.15, 0.2) is 30.8 Å². The Morgan fingerprint density at radius 3 is 2.09 bits per heavy atom. The Bertz CT molecular complexity index is 1190. The van der Waals surface area contributed by atoms with E-state index in [1.54, 1.807) is 6.92 Å². The van der Waals surface area contributed by atoms with Crippen molar-refractivity contribution in [2.24, 2.45) is 33.9 Å². The van der Waals surface area contributed by atoms with Gasteiger partial charge in [0.05, 0.1) is 37.3 Å². The summed E-state index contributed by atoms with van der Waals surface area (Å²) in [7, 11) is 0. The summed E-state index contributed by atoms with van der Waals surface area (Å²) >= 11 is 0. The number of nitrogens with zero attached hydrogens (tertiary/aromatic N) is 6. The average molecular weight is 637 g/mol. The van der Waals surface area contributed by atoms with Gasteiger partial charge in [-0.25, -0.2) is 0 Å². The first-order chi connectivity index (χ1) is 21.4. The molecule has 4 rings (SSSR count). The molecule has 0 radical (unpaired) electrons. The third kappa shape index (κ3) is 7.61. The zero-order valence-electron chi connectivity index (χ0n) is 26.8. The van der Waals surface area contributed by atoms with E-state index in [2.05, 4.69) is 20.1 Å². The Labute approximate surface area is 261 Å². The number of hydrogen-bond donors (Lipinski definition) is 0. The van der Waals surface area contributed by atoms with Crippen molar-refractivity contribution < 1.29 is 47.5 Å². The van der Waals surface area contributed by atoms with Gasteiger partial charge in [0.25, 0.3) is 0 Å². The lowest BCUT2D eigenvalue weighted by molar-refractivity contribution is -0.336. The molecule has 2 bridgehead atoms. The van der Waals surface area contributed by atoms with E-state index in [0.717, 1.165) is 0 Å². The van der Waals surface area contributed by atoms with Gasteiger partial charge in [-0.3, -0.25) is 9.59 Å². The number of rotatable bonds is 12. The van der Waals surface area contributed by atoms with Crippen LogP contribution in [0.5, 0.6) is 0 Å². The molecule has 4 aliphatic heterocycles. The van der Waals surface area contributed by atoms with Gasteiger partial charge in [-0.15, -0.1) is 0 Å². The van der Waals surface area contributed by atoms with Crippen LogP contribution < -0.4 is 0 Å². The fourth-order valence-electron chi connectivity index (χ4n) is 6.68. The zero-order valence-corrected chi connectivity index (χ0v) is 26.8. The van der Waals surface area contributed by atoms with Gasteiger partial charge in [-0.05, 0) is 49.1 Å². The minimum absolute atomic E-state index is 0.0112. The Hall–Kier alpha value is -2.81. The van der Waals surface area contributed by atoms with E-state index in [9.17, 15) is 19.9 Å². The van der Waals surface area contributed by atoms with Crippen molar-refractivity contribution in [3.8, 4) is 0 Å². The highest BCUT2D eigenvalue weighted by molar-refractivity contribution is 5.82. The summed E-state index contributed by atoms with van der Waals surface area (Å²) in [6.45, 7) is 12.5. The molecular weight excluding hydrogens is 592 g/mol. The quantitative estimate of drug-likeness (QED) is 0.129. The van der Waals surface area contributed by atoms with Crippen molar-refractivity contribution in [2.45, 2.75) is 135 Å². The molecule has 4 saturated heterocycles. The van der Waals surface area contributed by atoms with E-state index < -0.39 is 73.4 Å². The fraction of sp³-hybridized carbons (Fsp3) is 0.897. The summed E-state index contributed by atoms with van der Waals surface area (Å²) in [6, 6.07) is -1.38. The molecule has 0 amide bonds. The molecule has 0 aromatic heterocycles. The minimum Gasteiger partial charge on any atom is -0.457 e. The monoisotopic (exact) mass is 636 g/mol. The van der Waals surface area contributed by atoms with Crippen molar-refractivity contribution in [1.29, 1.82) is 0 Å². The summed E-state index contributed by atoms with van der Waals surface area (Å²) in [5, 5.41) is 7.83. The summed E-state index contributed by atoms with van der Waals surface area (Å²) in [6.07, 6.45) is -7.09. The molecule has 0 aliphatic carbocycles. The largest absolute Gasteiger partial charge is 0.457 e. The third-order valence-electron chi connectivity index (χ3n) is 9.57. The number of hydrogen-bond acceptors (Lipinski definition) is 12. The standard InChI is InChI=1S/C29H44N6O10/c1-8-18-13(3)14(4)21(32-34-30)28(40-18)44-24-16(6)25(42-20(38)10-9-12(2)36)29(45-26(24)17(7)37)43-23-15(5)22(33-35-31)27-39-11-19(23)41-27/h13-16,18-19,21-29H,8-11H2,1-7H3/t13-,14-,15+,16-,18?,19?,21?,22?,23-,24-,25?,26?,27+,28+,29+/m0/s1.